The summed E-state index contributed by atoms with van der Waals surface area (Å²) >= 11 is 7.29. The molecule has 5 rings (SSSR count). The summed E-state index contributed by atoms with van der Waals surface area (Å²) in [6, 6.07) is 13.1. The average Bonchev–Trinajstić information content (AvgIpc) is 3.44. The Hall–Kier alpha value is -4.48. The molecule has 36 heavy (non-hydrogen) atoms. The fraction of sp³-hybridized carbons (Fsp3) is 0.0417. The molecule has 0 atom stereocenters. The summed E-state index contributed by atoms with van der Waals surface area (Å²) in [4.78, 5) is 35.3. The van der Waals surface area contributed by atoms with Crippen molar-refractivity contribution in [3.63, 3.8) is 0 Å². The minimum Gasteiger partial charge on any atom is -0.383 e. The number of nitrogens with one attached hydrogen (secondary N) is 3. The van der Waals surface area contributed by atoms with E-state index in [2.05, 4.69) is 31.0 Å². The second kappa shape index (κ2) is 9.64. The van der Waals surface area contributed by atoms with Gasteiger partial charge in [-0.2, -0.15) is 5.10 Å². The second-order valence-corrected chi connectivity index (χ2v) is 9.20. The number of carbonyl (C=O) groups is 2. The highest BCUT2D eigenvalue weighted by molar-refractivity contribution is 7.22. The lowest BCUT2D eigenvalue weighted by Gasteiger charge is -2.10. The maximum atomic E-state index is 13.4. The van der Waals surface area contributed by atoms with Crippen molar-refractivity contribution >= 4 is 68.0 Å². The lowest BCUT2D eigenvalue weighted by Crippen LogP contribution is -2.19. The van der Waals surface area contributed by atoms with Gasteiger partial charge in [0.1, 0.15) is 17.0 Å². The summed E-state index contributed by atoms with van der Waals surface area (Å²) in [5, 5.41) is 13.6. The van der Waals surface area contributed by atoms with Crippen molar-refractivity contribution < 1.29 is 9.59 Å². The third-order valence-electron chi connectivity index (χ3n) is 5.19. The molecule has 5 N–H and O–H groups in total. The molecule has 10 nitrogen and oxygen atoms in total. The van der Waals surface area contributed by atoms with Crippen LogP contribution < -0.4 is 21.7 Å². The zero-order valence-corrected chi connectivity index (χ0v) is 20.4. The number of thiophene rings is 1. The van der Waals surface area contributed by atoms with E-state index in [4.69, 9.17) is 17.3 Å². The molecule has 0 saturated carbocycles. The van der Waals surface area contributed by atoms with Crippen molar-refractivity contribution in [3.8, 4) is 10.4 Å². The van der Waals surface area contributed by atoms with Crippen LogP contribution in [0, 0.1) is 0 Å². The standard InChI is InChI=1S/C24H19ClN8O2S/c1-33-11-13(10-29-33)20-18(19-21(26)27-12-28-23(19)36-20)22(34)30-15-5-7-16(8-6-15)31-24(35)32-17-4-2-3-14(25)9-17/h2-12H,1H3,(H,30,34)(H2,26,27,28)(H2,31,32,35). The molecule has 3 aromatic heterocycles. The van der Waals surface area contributed by atoms with Crippen molar-refractivity contribution in [1.29, 1.82) is 0 Å². The minimum absolute atomic E-state index is 0.224. The predicted octanol–water partition coefficient (Wildman–Crippen LogP) is 5.22. The number of nitrogen functional groups attached to an aromatic ring is 1. The number of nitrogens with two attached hydrogens (primary N) is 1. The number of halogens is 1. The lowest BCUT2D eigenvalue weighted by atomic mass is 10.1. The molecule has 0 aliphatic heterocycles. The monoisotopic (exact) mass is 518 g/mol. The number of amides is 3. The van der Waals surface area contributed by atoms with E-state index in [9.17, 15) is 9.59 Å². The van der Waals surface area contributed by atoms with Gasteiger partial charge in [0, 0.05) is 40.9 Å². The summed E-state index contributed by atoms with van der Waals surface area (Å²) in [6.07, 6.45) is 4.87. The normalized spacial score (nSPS) is 10.8. The Bertz CT molecular complexity index is 1600. The summed E-state index contributed by atoms with van der Waals surface area (Å²) in [5.74, 6) is -0.136. The van der Waals surface area contributed by atoms with Crippen molar-refractivity contribution in [2.24, 2.45) is 7.05 Å². The fourth-order valence-corrected chi connectivity index (χ4v) is 4.92. The third-order valence-corrected chi connectivity index (χ3v) is 6.58. The van der Waals surface area contributed by atoms with Gasteiger partial charge >= 0.3 is 6.03 Å². The smallest absolute Gasteiger partial charge is 0.323 e. The highest BCUT2D eigenvalue weighted by Crippen LogP contribution is 2.39. The van der Waals surface area contributed by atoms with Gasteiger partial charge in [-0.1, -0.05) is 17.7 Å². The van der Waals surface area contributed by atoms with E-state index < -0.39 is 6.03 Å². The van der Waals surface area contributed by atoms with Crippen LogP contribution in [0.4, 0.5) is 27.7 Å². The predicted molar refractivity (Wildman–Crippen MR) is 143 cm³/mol. The number of carbonyl (C=O) groups excluding carboxylic acids is 2. The van der Waals surface area contributed by atoms with Crippen LogP contribution in [0.25, 0.3) is 20.7 Å². The van der Waals surface area contributed by atoms with Crippen molar-refractivity contribution in [3.05, 3.63) is 77.8 Å². The molecule has 0 aliphatic carbocycles. The third kappa shape index (κ3) is 4.83. The number of aryl methyl sites for hydroxylation is 1. The molecular weight excluding hydrogens is 500 g/mol. The number of urea groups is 1. The van der Waals surface area contributed by atoms with E-state index in [-0.39, 0.29) is 11.7 Å². The van der Waals surface area contributed by atoms with E-state index >= 15 is 0 Å². The zero-order chi connectivity index (χ0) is 25.2. The number of nitrogens with zero attached hydrogens (tertiary/aromatic N) is 4. The molecule has 3 heterocycles. The topological polar surface area (TPSA) is 140 Å². The number of fused-ring (bicyclic) bond motifs is 1. The average molecular weight is 519 g/mol. The molecule has 0 radical (unpaired) electrons. The molecular formula is C24H19ClN8O2S. The van der Waals surface area contributed by atoms with Gasteiger partial charge in [-0.25, -0.2) is 14.8 Å². The quantitative estimate of drug-likeness (QED) is 0.251. The molecule has 0 spiro atoms. The first-order valence-corrected chi connectivity index (χ1v) is 11.8. The van der Waals surface area contributed by atoms with Gasteiger partial charge in [0.15, 0.2) is 0 Å². The van der Waals surface area contributed by atoms with Crippen LogP contribution >= 0.6 is 22.9 Å². The zero-order valence-electron chi connectivity index (χ0n) is 18.8. The Kier molecular flexibility index (Phi) is 6.23. The van der Waals surface area contributed by atoms with Gasteiger partial charge in [0.05, 0.1) is 22.0 Å². The van der Waals surface area contributed by atoms with Crippen molar-refractivity contribution in [2.75, 3.05) is 21.7 Å². The molecule has 0 aliphatic rings. The highest BCUT2D eigenvalue weighted by atomic mass is 35.5. The molecule has 0 unspecified atom stereocenters. The Morgan fingerprint density at radius 1 is 1.00 bits per heavy atom. The minimum atomic E-state index is -0.421. The van der Waals surface area contributed by atoms with Crippen molar-refractivity contribution in [2.45, 2.75) is 0 Å². The first kappa shape index (κ1) is 23.3. The summed E-state index contributed by atoms with van der Waals surface area (Å²) < 4.78 is 1.66. The van der Waals surface area contributed by atoms with Gasteiger partial charge in [-0.3, -0.25) is 9.48 Å². The van der Waals surface area contributed by atoms with Gasteiger partial charge in [-0.05, 0) is 42.5 Å². The van der Waals surface area contributed by atoms with Crippen LogP contribution in [0.5, 0.6) is 0 Å². The molecule has 0 bridgehead atoms. The van der Waals surface area contributed by atoms with Gasteiger partial charge in [0.2, 0.25) is 0 Å². The fourth-order valence-electron chi connectivity index (χ4n) is 3.60. The van der Waals surface area contributed by atoms with Crippen LogP contribution in [0.2, 0.25) is 5.02 Å². The summed E-state index contributed by atoms with van der Waals surface area (Å²) in [6.45, 7) is 0. The molecule has 3 amide bonds. The van der Waals surface area contributed by atoms with E-state index in [1.54, 1.807) is 66.5 Å². The van der Waals surface area contributed by atoms with E-state index in [0.29, 0.717) is 42.7 Å². The van der Waals surface area contributed by atoms with Crippen molar-refractivity contribution in [1.82, 2.24) is 19.7 Å². The van der Waals surface area contributed by atoms with E-state index in [1.807, 2.05) is 6.20 Å². The summed E-state index contributed by atoms with van der Waals surface area (Å²) in [5.41, 5.74) is 8.92. The second-order valence-electron chi connectivity index (χ2n) is 7.77. The lowest BCUT2D eigenvalue weighted by molar-refractivity contribution is 0.102. The molecule has 5 aromatic rings. The maximum Gasteiger partial charge on any atom is 0.323 e. The van der Waals surface area contributed by atoms with E-state index in [0.717, 1.165) is 5.56 Å². The highest BCUT2D eigenvalue weighted by Gasteiger charge is 2.24. The number of benzene rings is 2. The van der Waals surface area contributed by atoms with Crippen LogP contribution in [-0.2, 0) is 7.05 Å². The van der Waals surface area contributed by atoms with Gasteiger partial charge in [-0.15, -0.1) is 11.3 Å². The first-order chi connectivity index (χ1) is 17.4. The Morgan fingerprint density at radius 2 is 1.72 bits per heavy atom. The summed E-state index contributed by atoms with van der Waals surface area (Å²) in [7, 11) is 1.80. The number of anilines is 4. The molecule has 12 heteroatoms. The maximum absolute atomic E-state index is 13.4. The number of rotatable bonds is 5. The molecule has 0 fully saturated rings. The van der Waals surface area contributed by atoms with Gasteiger partial charge in [0.25, 0.3) is 5.91 Å². The largest absolute Gasteiger partial charge is 0.383 e. The number of hydrogen-bond donors (Lipinski definition) is 4. The Balaban J connectivity index is 1.35. The van der Waals surface area contributed by atoms with Crippen LogP contribution in [0.1, 0.15) is 10.4 Å². The SMILES string of the molecule is Cn1cc(-c2sc3ncnc(N)c3c2C(=O)Nc2ccc(NC(=O)Nc3cccc(Cl)c3)cc2)cn1. The van der Waals surface area contributed by atoms with Crippen LogP contribution in [0.15, 0.2) is 67.3 Å². The van der Waals surface area contributed by atoms with Crippen LogP contribution in [0.3, 0.4) is 0 Å². The molecule has 180 valence electrons. The molecule has 0 saturated heterocycles. The molecule has 2 aromatic carbocycles. The number of hydrogen-bond acceptors (Lipinski definition) is 7. The first-order valence-electron chi connectivity index (χ1n) is 10.6. The Morgan fingerprint density at radius 3 is 2.42 bits per heavy atom. The van der Waals surface area contributed by atoms with E-state index in [1.165, 1.54) is 17.7 Å². The van der Waals surface area contributed by atoms with Gasteiger partial charge < -0.3 is 21.7 Å². The van der Waals surface area contributed by atoms with Crippen LogP contribution in [-0.4, -0.2) is 31.7 Å². The number of aromatic nitrogens is 4. The Labute approximate surface area is 214 Å².